The van der Waals surface area contributed by atoms with Crippen LogP contribution < -0.4 is 0 Å². The van der Waals surface area contributed by atoms with Gasteiger partial charge in [-0.1, -0.05) is 23.3 Å². The van der Waals surface area contributed by atoms with Gasteiger partial charge in [-0.15, -0.1) is 0 Å². The van der Waals surface area contributed by atoms with Gasteiger partial charge in [0.05, 0.1) is 9.30 Å². The van der Waals surface area contributed by atoms with E-state index in [1.807, 2.05) is 0 Å². The summed E-state index contributed by atoms with van der Waals surface area (Å²) in [5.74, 6) is 0. The first-order valence-electron chi connectivity index (χ1n) is 7.59. The molecular formula is C10H20O7P2. The number of phosphoric ester groups is 1. The topological polar surface area (TPSA) is 113 Å². The Morgan fingerprint density at radius 3 is 2.47 bits per heavy atom. The molecule has 0 saturated carbocycles. The Balaban J connectivity index is 4.85. The van der Waals surface area contributed by atoms with Crippen LogP contribution in [0.2, 0.25) is 0 Å². The van der Waals surface area contributed by atoms with E-state index in [4.69, 9.17) is 21.5 Å². The van der Waals surface area contributed by atoms with Crippen molar-refractivity contribution in [2.45, 2.75) is 33.5 Å². The second kappa shape index (κ2) is 8.12. The first-order chi connectivity index (χ1) is 10.4. The van der Waals surface area contributed by atoms with Crippen molar-refractivity contribution in [1.82, 2.24) is 0 Å². The molecule has 0 aromatic carbocycles. The average molecular weight is 319 g/mol. The lowest BCUT2D eigenvalue weighted by Crippen LogP contribution is -1.94. The van der Waals surface area contributed by atoms with E-state index in [2.05, 4.69) is 8.83 Å². The third-order valence-corrected chi connectivity index (χ3v) is 3.68. The molecule has 1 atom stereocenters. The molecule has 0 bridgehead atoms. The maximum Gasteiger partial charge on any atom is 0.481 e. The molecule has 0 radical (unpaired) electrons. The van der Waals surface area contributed by atoms with Gasteiger partial charge in [0.1, 0.15) is 0 Å². The Morgan fingerprint density at radius 2 is 1.95 bits per heavy atom. The first kappa shape index (κ1) is 11.4. The second-order valence-electron chi connectivity index (χ2n) is 3.67. The maximum absolute atomic E-state index is 11.3. The molecule has 0 aromatic rings. The normalized spacial score (nSPS) is 22.7. The van der Waals surface area contributed by atoms with E-state index in [1.54, 1.807) is 0 Å². The molecule has 0 heterocycles. The summed E-state index contributed by atoms with van der Waals surface area (Å²) in [4.78, 5) is 26.0. The molecule has 19 heavy (non-hydrogen) atoms. The van der Waals surface area contributed by atoms with Gasteiger partial charge in [0.15, 0.2) is 0 Å². The van der Waals surface area contributed by atoms with Crippen LogP contribution in [0.4, 0.5) is 0 Å². The summed E-state index contributed by atoms with van der Waals surface area (Å²) in [7, 11) is -10.7. The molecule has 0 aromatic heterocycles. The van der Waals surface area contributed by atoms with Gasteiger partial charge in [0.2, 0.25) is 0 Å². The molecule has 9 heteroatoms. The summed E-state index contributed by atoms with van der Waals surface area (Å²) >= 11 is 0. The lowest BCUT2D eigenvalue weighted by Gasteiger charge is -2.11. The van der Waals surface area contributed by atoms with E-state index in [0.717, 1.165) is 6.08 Å². The molecule has 3 N–H and O–H groups in total. The highest BCUT2D eigenvalue weighted by molar-refractivity contribution is 7.60. The van der Waals surface area contributed by atoms with Crippen molar-refractivity contribution in [3.8, 4) is 0 Å². The summed E-state index contributed by atoms with van der Waals surface area (Å²) in [6, 6.07) is 0. The van der Waals surface area contributed by atoms with Crippen LogP contribution >= 0.6 is 15.6 Å². The van der Waals surface area contributed by atoms with E-state index >= 15 is 0 Å². The summed E-state index contributed by atoms with van der Waals surface area (Å²) < 4.78 is 65.8. The minimum atomic E-state index is -5.34. The minimum absolute atomic E-state index is 0.185. The molecule has 0 aliphatic carbocycles. The standard InChI is InChI=1S/C10H20O7P2/c1-9(2)5-4-6-10(3)7-8-16-19(14,15)17-18(11,12)13/h5,7H,4,6,8H2,1-3H3,(H,14,15)(H2,11,12,13)/b10-7+/i1D3,8D2/b9-5-,10-7+. The lowest BCUT2D eigenvalue weighted by atomic mass is 10.1. The number of allylic oxidation sites excluding steroid dienone is 3. The SMILES string of the molecule is [2H]C([2H])(/C=C(\C)CC/C=C(\C)C([2H])([2H])[2H])OP(=O)(O)OP(=O)(O)O. The average Bonchev–Trinajstić information content (AvgIpc) is 2.20. The number of phosphoric acid groups is 2. The van der Waals surface area contributed by atoms with Crippen molar-refractivity contribution in [3.63, 3.8) is 0 Å². The fourth-order valence-electron chi connectivity index (χ4n) is 0.933. The zero-order chi connectivity index (χ0) is 19.4. The van der Waals surface area contributed by atoms with Crippen molar-refractivity contribution < 1.29 is 39.5 Å². The number of hydrogen-bond acceptors (Lipinski definition) is 4. The highest BCUT2D eigenvalue weighted by Crippen LogP contribution is 2.57. The van der Waals surface area contributed by atoms with Crippen LogP contribution in [0, 0.1) is 0 Å². The van der Waals surface area contributed by atoms with Crippen LogP contribution in [0.1, 0.15) is 40.4 Å². The van der Waals surface area contributed by atoms with Gasteiger partial charge < -0.3 is 14.7 Å². The molecular weight excluding hydrogens is 294 g/mol. The third-order valence-electron chi connectivity index (χ3n) is 1.67. The molecule has 0 fully saturated rings. The van der Waals surface area contributed by atoms with Crippen LogP contribution in [0.3, 0.4) is 0 Å². The van der Waals surface area contributed by atoms with E-state index in [0.29, 0.717) is 12.0 Å². The first-order valence-corrected chi connectivity index (χ1v) is 8.12. The number of rotatable bonds is 8. The quantitative estimate of drug-likeness (QED) is 0.465. The highest BCUT2D eigenvalue weighted by atomic mass is 31.3. The van der Waals surface area contributed by atoms with Crippen molar-refractivity contribution in [3.05, 3.63) is 23.3 Å². The molecule has 0 amide bonds. The zero-order valence-corrected chi connectivity index (χ0v) is 12.2. The molecule has 112 valence electrons. The Bertz CT molecular complexity index is 593. The molecule has 7 nitrogen and oxygen atoms in total. The fraction of sp³-hybridized carbons (Fsp3) is 0.600. The molecule has 0 aliphatic rings. The van der Waals surface area contributed by atoms with Gasteiger partial charge >= 0.3 is 15.6 Å². The zero-order valence-electron chi connectivity index (χ0n) is 15.4. The Hall–Kier alpha value is -0.260. The van der Waals surface area contributed by atoms with Gasteiger partial charge in [0, 0.05) is 4.11 Å². The smallest absolute Gasteiger partial charge is 0.302 e. The van der Waals surface area contributed by atoms with Crippen LogP contribution in [0.15, 0.2) is 23.3 Å². The van der Waals surface area contributed by atoms with Gasteiger partial charge in [0.25, 0.3) is 0 Å². The largest absolute Gasteiger partial charge is 0.481 e. The molecule has 1 unspecified atom stereocenters. The Morgan fingerprint density at radius 1 is 1.32 bits per heavy atom. The van der Waals surface area contributed by atoms with Crippen molar-refractivity contribution in [2.75, 3.05) is 6.56 Å². The van der Waals surface area contributed by atoms with Crippen LogP contribution in [0.25, 0.3) is 0 Å². The van der Waals surface area contributed by atoms with Crippen LogP contribution in [-0.4, -0.2) is 21.2 Å². The van der Waals surface area contributed by atoms with Gasteiger partial charge in [-0.2, -0.15) is 4.31 Å². The van der Waals surface area contributed by atoms with Crippen molar-refractivity contribution in [2.24, 2.45) is 0 Å². The monoisotopic (exact) mass is 319 g/mol. The summed E-state index contributed by atoms with van der Waals surface area (Å²) in [5.41, 5.74) is 0.551. The number of hydrogen-bond donors (Lipinski definition) is 3. The lowest BCUT2D eigenvalue weighted by molar-refractivity contribution is 0.191. The molecule has 0 saturated heterocycles. The van der Waals surface area contributed by atoms with Crippen molar-refractivity contribution >= 4 is 15.6 Å². The van der Waals surface area contributed by atoms with Gasteiger partial charge in [-0.25, -0.2) is 9.13 Å². The van der Waals surface area contributed by atoms with Gasteiger partial charge in [-0.05, 0) is 33.5 Å². The molecule has 0 rings (SSSR count). The third kappa shape index (κ3) is 12.5. The summed E-state index contributed by atoms with van der Waals surface area (Å²) in [6.45, 7) is -2.12. The predicted octanol–water partition coefficient (Wildman–Crippen LogP) is 2.91. The predicted molar refractivity (Wildman–Crippen MR) is 71.3 cm³/mol. The Labute approximate surface area is 119 Å². The molecule has 0 aliphatic heterocycles. The van der Waals surface area contributed by atoms with E-state index < -0.39 is 29.1 Å². The van der Waals surface area contributed by atoms with Crippen molar-refractivity contribution in [1.29, 1.82) is 0 Å². The minimum Gasteiger partial charge on any atom is -0.302 e. The second-order valence-corrected chi connectivity index (χ2v) is 6.42. The summed E-state index contributed by atoms with van der Waals surface area (Å²) in [5, 5.41) is 0. The Kier molecular flexibility index (Phi) is 4.88. The summed E-state index contributed by atoms with van der Waals surface area (Å²) in [6.07, 6.45) is 2.83. The fourth-order valence-corrected chi connectivity index (χ4v) is 2.33. The van der Waals surface area contributed by atoms with E-state index in [9.17, 15) is 9.13 Å². The molecule has 0 spiro atoms. The van der Waals surface area contributed by atoms with E-state index in [1.165, 1.54) is 19.9 Å². The van der Waals surface area contributed by atoms with Gasteiger partial charge in [-0.3, -0.25) is 4.52 Å². The van der Waals surface area contributed by atoms with Crippen LogP contribution in [-0.2, 0) is 18.0 Å². The van der Waals surface area contributed by atoms with Crippen LogP contribution in [0.5, 0.6) is 0 Å². The highest BCUT2D eigenvalue weighted by Gasteiger charge is 2.31. The maximum atomic E-state index is 11.3. The van der Waals surface area contributed by atoms with E-state index in [-0.39, 0.29) is 12.0 Å².